The molecule has 2 aromatic carbocycles. The zero-order chi connectivity index (χ0) is 26.4. The molecule has 2 aliphatic heterocycles. The van der Waals surface area contributed by atoms with E-state index in [4.69, 9.17) is 9.47 Å². The van der Waals surface area contributed by atoms with Crippen LogP contribution in [0.2, 0.25) is 0 Å². The van der Waals surface area contributed by atoms with E-state index in [1.165, 1.54) is 5.56 Å². The molecular weight excluding hydrogens is 466 g/mol. The normalized spacial score (nSPS) is 23.4. The molecule has 0 saturated carbocycles. The number of ether oxygens (including phenoxy) is 2. The maximum absolute atomic E-state index is 12.8. The van der Waals surface area contributed by atoms with Gasteiger partial charge in [0.15, 0.2) is 0 Å². The Hall–Kier alpha value is -2.45. The minimum Gasteiger partial charge on any atom is -0.485 e. The van der Waals surface area contributed by atoms with E-state index in [9.17, 15) is 9.90 Å². The maximum Gasteiger partial charge on any atom is 0.224 e. The summed E-state index contributed by atoms with van der Waals surface area (Å²) in [5.74, 6) is 1.30. The molecular formula is C30H43N3O4. The van der Waals surface area contributed by atoms with Gasteiger partial charge in [0.1, 0.15) is 17.5 Å². The van der Waals surface area contributed by atoms with Gasteiger partial charge in [-0.15, -0.1) is 0 Å². The molecule has 7 nitrogen and oxygen atoms in total. The van der Waals surface area contributed by atoms with E-state index in [0.717, 1.165) is 49.5 Å². The van der Waals surface area contributed by atoms with Crippen LogP contribution in [-0.2, 0) is 22.5 Å². The van der Waals surface area contributed by atoms with Gasteiger partial charge in [0.05, 0.1) is 25.2 Å². The van der Waals surface area contributed by atoms with E-state index in [1.807, 2.05) is 38.1 Å². The molecule has 2 heterocycles. The zero-order valence-corrected chi connectivity index (χ0v) is 22.7. The van der Waals surface area contributed by atoms with E-state index in [2.05, 4.69) is 53.6 Å². The number of hydrogen-bond acceptors (Lipinski definition) is 6. The highest BCUT2D eigenvalue weighted by atomic mass is 16.5. The zero-order valence-electron chi connectivity index (χ0n) is 22.7. The van der Waals surface area contributed by atoms with Gasteiger partial charge in [0.25, 0.3) is 0 Å². The van der Waals surface area contributed by atoms with Gasteiger partial charge >= 0.3 is 0 Å². The molecule has 4 rings (SSSR count). The van der Waals surface area contributed by atoms with Gasteiger partial charge in [0, 0.05) is 31.7 Å². The lowest BCUT2D eigenvalue weighted by atomic mass is 9.85. The third-order valence-corrected chi connectivity index (χ3v) is 7.26. The third kappa shape index (κ3) is 7.54. The van der Waals surface area contributed by atoms with Crippen LogP contribution in [0.25, 0.3) is 0 Å². The Labute approximate surface area is 221 Å². The van der Waals surface area contributed by atoms with E-state index < -0.39 is 11.7 Å². The summed E-state index contributed by atoms with van der Waals surface area (Å²) in [4.78, 5) is 15.2. The fourth-order valence-electron chi connectivity index (χ4n) is 5.07. The number of benzene rings is 2. The number of amides is 1. The van der Waals surface area contributed by atoms with Crippen molar-refractivity contribution >= 4 is 5.91 Å². The van der Waals surface area contributed by atoms with Crippen LogP contribution in [-0.4, -0.2) is 66.5 Å². The molecule has 2 aliphatic rings. The van der Waals surface area contributed by atoms with Crippen molar-refractivity contribution in [3.8, 4) is 5.75 Å². The number of morpholine rings is 1. The SMILES string of the molecule is CC(C)CCN[C@@H]1c2cc(CC(=O)NCC3CN(Cc4ccccc4)CCO3)ccc2OC(C)(C)[C@H]1O. The Morgan fingerprint density at radius 1 is 1.16 bits per heavy atom. The number of rotatable bonds is 10. The first-order chi connectivity index (χ1) is 17.7. The highest BCUT2D eigenvalue weighted by Crippen LogP contribution is 2.40. The van der Waals surface area contributed by atoms with Crippen molar-refractivity contribution in [1.29, 1.82) is 0 Å². The Morgan fingerprint density at radius 3 is 2.70 bits per heavy atom. The number of nitrogens with one attached hydrogen (secondary N) is 2. The number of nitrogens with zero attached hydrogens (tertiary/aromatic N) is 1. The van der Waals surface area contributed by atoms with Crippen LogP contribution in [0, 0.1) is 5.92 Å². The summed E-state index contributed by atoms with van der Waals surface area (Å²) >= 11 is 0. The second-order valence-corrected chi connectivity index (χ2v) is 11.3. The molecule has 1 unspecified atom stereocenters. The second kappa shape index (κ2) is 12.4. The van der Waals surface area contributed by atoms with Crippen molar-refractivity contribution in [2.24, 2.45) is 5.92 Å². The summed E-state index contributed by atoms with van der Waals surface area (Å²) in [7, 11) is 0. The lowest BCUT2D eigenvalue weighted by Crippen LogP contribution is -2.52. The molecule has 1 fully saturated rings. The monoisotopic (exact) mass is 509 g/mol. The molecule has 0 spiro atoms. The predicted molar refractivity (Wildman–Crippen MR) is 146 cm³/mol. The fraction of sp³-hybridized carbons (Fsp3) is 0.567. The van der Waals surface area contributed by atoms with Gasteiger partial charge < -0.3 is 25.2 Å². The first-order valence-corrected chi connectivity index (χ1v) is 13.6. The largest absolute Gasteiger partial charge is 0.485 e. The number of fused-ring (bicyclic) bond motifs is 1. The van der Waals surface area contributed by atoms with E-state index >= 15 is 0 Å². The molecule has 3 N–H and O–H groups in total. The van der Waals surface area contributed by atoms with Gasteiger partial charge in [-0.25, -0.2) is 0 Å². The third-order valence-electron chi connectivity index (χ3n) is 7.26. The van der Waals surface area contributed by atoms with Crippen molar-refractivity contribution in [2.75, 3.05) is 32.8 Å². The molecule has 0 radical (unpaired) electrons. The Balaban J connectivity index is 1.33. The van der Waals surface area contributed by atoms with Crippen molar-refractivity contribution < 1.29 is 19.4 Å². The highest BCUT2D eigenvalue weighted by Gasteiger charge is 2.42. The van der Waals surface area contributed by atoms with Crippen LogP contribution in [0.1, 0.15) is 56.8 Å². The summed E-state index contributed by atoms with van der Waals surface area (Å²) in [6, 6.07) is 16.1. The van der Waals surface area contributed by atoms with Crippen LogP contribution in [0.15, 0.2) is 48.5 Å². The van der Waals surface area contributed by atoms with E-state index in [1.54, 1.807) is 0 Å². The number of carbonyl (C=O) groups excluding carboxylic acids is 1. The first-order valence-electron chi connectivity index (χ1n) is 13.6. The second-order valence-electron chi connectivity index (χ2n) is 11.3. The topological polar surface area (TPSA) is 83.1 Å². The van der Waals surface area contributed by atoms with E-state index in [-0.39, 0.29) is 24.5 Å². The van der Waals surface area contributed by atoms with Crippen LogP contribution >= 0.6 is 0 Å². The standard InChI is InChI=1S/C30H43N3O4/c1-21(2)12-13-31-28-25-16-23(10-11-26(25)37-30(3,4)29(28)35)17-27(34)32-18-24-20-33(14-15-36-24)19-22-8-6-5-7-9-22/h5-11,16,21,24,28-29,31,35H,12-15,17-20H2,1-4H3,(H,32,34)/t24?,28-,29+/m1/s1. The molecule has 0 bridgehead atoms. The summed E-state index contributed by atoms with van der Waals surface area (Å²) in [5.41, 5.74) is 2.40. The van der Waals surface area contributed by atoms with Gasteiger partial charge in [-0.05, 0) is 56.0 Å². The lowest BCUT2D eigenvalue weighted by molar-refractivity contribution is -0.121. The predicted octanol–water partition coefficient (Wildman–Crippen LogP) is 3.46. The van der Waals surface area contributed by atoms with Gasteiger partial charge in [0.2, 0.25) is 5.91 Å². The van der Waals surface area contributed by atoms with Crippen LogP contribution in [0.3, 0.4) is 0 Å². The molecule has 1 amide bonds. The summed E-state index contributed by atoms with van der Waals surface area (Å²) in [6.45, 7) is 12.7. The fourth-order valence-corrected chi connectivity index (χ4v) is 5.07. The maximum atomic E-state index is 12.8. The molecule has 7 heteroatoms. The first kappa shape index (κ1) is 27.6. The quantitative estimate of drug-likeness (QED) is 0.455. The van der Waals surface area contributed by atoms with E-state index in [0.29, 0.717) is 19.1 Å². The van der Waals surface area contributed by atoms with Crippen molar-refractivity contribution in [3.63, 3.8) is 0 Å². The Morgan fingerprint density at radius 2 is 1.95 bits per heavy atom. The van der Waals surface area contributed by atoms with Gasteiger partial charge in [-0.1, -0.05) is 50.2 Å². The lowest BCUT2D eigenvalue weighted by Gasteiger charge is -2.42. The number of aliphatic hydroxyl groups excluding tert-OH is 1. The van der Waals surface area contributed by atoms with Crippen molar-refractivity contribution in [3.05, 3.63) is 65.2 Å². The van der Waals surface area contributed by atoms with Crippen LogP contribution in [0.4, 0.5) is 0 Å². The van der Waals surface area contributed by atoms with Gasteiger partial charge in [-0.3, -0.25) is 9.69 Å². The minimum absolute atomic E-state index is 0.0229. The smallest absolute Gasteiger partial charge is 0.224 e. The molecule has 202 valence electrons. The van der Waals surface area contributed by atoms with Crippen LogP contribution < -0.4 is 15.4 Å². The minimum atomic E-state index is -0.699. The molecule has 3 atom stereocenters. The van der Waals surface area contributed by atoms with Crippen molar-refractivity contribution in [2.45, 2.75) is 70.9 Å². The number of hydrogen-bond donors (Lipinski definition) is 3. The summed E-state index contributed by atoms with van der Waals surface area (Å²) in [6.07, 6.45) is 0.573. The number of aliphatic hydroxyl groups is 1. The number of carbonyl (C=O) groups is 1. The van der Waals surface area contributed by atoms with Crippen LogP contribution in [0.5, 0.6) is 5.75 Å². The average molecular weight is 510 g/mol. The molecule has 2 aromatic rings. The average Bonchev–Trinajstić information content (AvgIpc) is 2.86. The Kier molecular flexibility index (Phi) is 9.24. The molecule has 1 saturated heterocycles. The summed E-state index contributed by atoms with van der Waals surface area (Å²) < 4.78 is 12.0. The molecule has 0 aromatic heterocycles. The van der Waals surface area contributed by atoms with Crippen molar-refractivity contribution in [1.82, 2.24) is 15.5 Å². The molecule has 0 aliphatic carbocycles. The van der Waals surface area contributed by atoms with Gasteiger partial charge in [-0.2, -0.15) is 0 Å². The summed E-state index contributed by atoms with van der Waals surface area (Å²) in [5, 5.41) is 17.6. The highest BCUT2D eigenvalue weighted by molar-refractivity contribution is 5.78. The Bertz CT molecular complexity index is 1030. The molecule has 37 heavy (non-hydrogen) atoms.